The van der Waals surface area contributed by atoms with Crippen LogP contribution in [0.3, 0.4) is 0 Å². The van der Waals surface area contributed by atoms with E-state index in [2.05, 4.69) is 54.8 Å². The molecule has 3 fully saturated rings. The minimum absolute atomic E-state index is 0.0110. The Kier molecular flexibility index (Phi) is 7.97. The van der Waals surface area contributed by atoms with Crippen LogP contribution in [-0.2, 0) is 21.4 Å². The van der Waals surface area contributed by atoms with Crippen molar-refractivity contribution in [2.24, 2.45) is 23.7 Å². The number of aryl methyl sites for hydroxylation is 1. The van der Waals surface area contributed by atoms with Crippen molar-refractivity contribution in [3.63, 3.8) is 0 Å². The van der Waals surface area contributed by atoms with Gasteiger partial charge >= 0.3 is 0 Å². The number of hydrogen-bond donors (Lipinski definition) is 4. The second-order valence-electron chi connectivity index (χ2n) is 13.6. The number of aromatic amines is 1. The Bertz CT molecular complexity index is 1620. The predicted octanol–water partition coefficient (Wildman–Crippen LogP) is 1.93. The molecule has 1 saturated heterocycles. The summed E-state index contributed by atoms with van der Waals surface area (Å²) in [5, 5.41) is 34.9. The molecule has 3 amide bonds. The van der Waals surface area contributed by atoms with Gasteiger partial charge in [-0.05, 0) is 86.0 Å². The van der Waals surface area contributed by atoms with Gasteiger partial charge in [0.15, 0.2) is 5.82 Å². The summed E-state index contributed by atoms with van der Waals surface area (Å²) in [6.45, 7) is 0.165. The summed E-state index contributed by atoms with van der Waals surface area (Å²) >= 11 is 0. The molecule has 5 aliphatic rings. The van der Waals surface area contributed by atoms with Crippen LogP contribution >= 0.6 is 0 Å². The molecule has 1 aliphatic heterocycles. The van der Waals surface area contributed by atoms with Gasteiger partial charge in [0.1, 0.15) is 6.04 Å². The molecular weight excluding hydrogens is 582 g/mol. The number of benzene rings is 1. The number of nitrogens with zero attached hydrogens (tertiary/aromatic N) is 5. The maximum atomic E-state index is 13.6. The molecule has 0 radical (unpaired) electrons. The number of nitriles is 1. The van der Waals surface area contributed by atoms with Gasteiger partial charge in [0.05, 0.1) is 18.0 Å². The SMILES string of the molecule is CNC(=O)C1=CC2CCc3cc(C(=O)NC)ccc3C(C[C@@H](NCC(=O)N3C(C#N)C[C@@H]4C[C@@H]43)C3CCC3)(c3nn[nH]n3)C2C=C1. The third kappa shape index (κ3) is 5.11. The molecule has 2 saturated carbocycles. The molecule has 1 aromatic carbocycles. The average Bonchev–Trinajstić information content (AvgIpc) is 3.44. The molecule has 46 heavy (non-hydrogen) atoms. The van der Waals surface area contributed by atoms with E-state index in [1.807, 2.05) is 29.2 Å². The van der Waals surface area contributed by atoms with Gasteiger partial charge in [-0.2, -0.15) is 10.5 Å². The first-order valence-corrected chi connectivity index (χ1v) is 16.5. The zero-order valence-corrected chi connectivity index (χ0v) is 26.3. The van der Waals surface area contributed by atoms with E-state index in [1.54, 1.807) is 14.1 Å². The minimum atomic E-state index is -0.771. The molecule has 2 aromatic rings. The number of likely N-dealkylation sites (tertiary alicyclic amines) is 1. The van der Waals surface area contributed by atoms with Crippen molar-refractivity contribution in [3.8, 4) is 6.07 Å². The highest BCUT2D eigenvalue weighted by Gasteiger charge is 2.55. The molecule has 1 aromatic heterocycles. The molecule has 4 N–H and O–H groups in total. The Morgan fingerprint density at radius 3 is 2.67 bits per heavy atom. The average molecular weight is 624 g/mol. The molecular formula is C34H41N9O3. The van der Waals surface area contributed by atoms with Gasteiger partial charge < -0.3 is 20.9 Å². The molecule has 0 bridgehead atoms. The summed E-state index contributed by atoms with van der Waals surface area (Å²) in [5.74, 6) is 0.952. The van der Waals surface area contributed by atoms with Gasteiger partial charge in [0.25, 0.3) is 11.8 Å². The highest BCUT2D eigenvalue weighted by Crippen LogP contribution is 2.53. The molecule has 0 spiro atoms. The van der Waals surface area contributed by atoms with E-state index in [9.17, 15) is 19.6 Å². The van der Waals surface area contributed by atoms with E-state index in [0.717, 1.165) is 49.7 Å². The monoisotopic (exact) mass is 623 g/mol. The lowest BCUT2D eigenvalue weighted by Gasteiger charge is -2.46. The van der Waals surface area contributed by atoms with Gasteiger partial charge in [-0.25, -0.2) is 0 Å². The number of amides is 3. The minimum Gasteiger partial charge on any atom is -0.355 e. The van der Waals surface area contributed by atoms with Gasteiger partial charge in [-0.15, -0.1) is 10.2 Å². The Labute approximate surface area is 268 Å². The third-order valence-electron chi connectivity index (χ3n) is 11.3. The van der Waals surface area contributed by atoms with Crippen LogP contribution in [0.15, 0.2) is 42.0 Å². The van der Waals surface area contributed by atoms with E-state index in [4.69, 9.17) is 0 Å². The third-order valence-corrected chi connectivity index (χ3v) is 11.3. The number of rotatable bonds is 9. The number of piperidine rings is 1. The smallest absolute Gasteiger partial charge is 0.251 e. The lowest BCUT2D eigenvalue weighted by Crippen LogP contribution is -2.52. The molecule has 2 heterocycles. The first-order valence-electron chi connectivity index (χ1n) is 16.5. The highest BCUT2D eigenvalue weighted by atomic mass is 16.2. The van der Waals surface area contributed by atoms with Crippen molar-refractivity contribution >= 4 is 17.7 Å². The van der Waals surface area contributed by atoms with Gasteiger partial charge in [0, 0.05) is 43.2 Å². The molecule has 12 nitrogen and oxygen atoms in total. The number of carbonyl (C=O) groups excluding carboxylic acids is 3. The van der Waals surface area contributed by atoms with Crippen LogP contribution in [0, 0.1) is 35.0 Å². The number of hydrogen-bond acceptors (Lipinski definition) is 8. The van der Waals surface area contributed by atoms with Crippen LogP contribution in [0.25, 0.3) is 0 Å². The number of aromatic nitrogens is 4. The second kappa shape index (κ2) is 12.1. The molecule has 7 atom stereocenters. The van der Waals surface area contributed by atoms with E-state index in [0.29, 0.717) is 41.6 Å². The highest BCUT2D eigenvalue weighted by molar-refractivity contribution is 5.96. The normalized spacial score (nSPS) is 30.0. The molecule has 4 unspecified atom stereocenters. The first-order chi connectivity index (χ1) is 22.4. The number of carbonyl (C=O) groups is 3. The van der Waals surface area contributed by atoms with Crippen molar-refractivity contribution in [1.82, 2.24) is 41.5 Å². The number of H-pyrrole nitrogens is 1. The van der Waals surface area contributed by atoms with E-state index in [1.165, 1.54) is 0 Å². The number of nitrogens with one attached hydrogen (secondary N) is 4. The summed E-state index contributed by atoms with van der Waals surface area (Å²) < 4.78 is 0. The van der Waals surface area contributed by atoms with Crippen molar-refractivity contribution in [1.29, 1.82) is 5.26 Å². The van der Waals surface area contributed by atoms with Crippen LogP contribution in [0.2, 0.25) is 0 Å². The Hall–Kier alpha value is -4.37. The van der Waals surface area contributed by atoms with E-state index >= 15 is 0 Å². The van der Waals surface area contributed by atoms with E-state index in [-0.39, 0.29) is 54.2 Å². The number of allylic oxidation sites excluding steroid dienone is 2. The lowest BCUT2D eigenvalue weighted by atomic mass is 9.59. The topological polar surface area (TPSA) is 169 Å². The van der Waals surface area contributed by atoms with Crippen LogP contribution in [0.4, 0.5) is 0 Å². The fourth-order valence-corrected chi connectivity index (χ4v) is 8.64. The summed E-state index contributed by atoms with van der Waals surface area (Å²) in [6, 6.07) is 8.03. The summed E-state index contributed by atoms with van der Waals surface area (Å²) in [6.07, 6.45) is 13.2. The zero-order chi connectivity index (χ0) is 32.0. The summed E-state index contributed by atoms with van der Waals surface area (Å²) in [7, 11) is 3.26. The van der Waals surface area contributed by atoms with Crippen molar-refractivity contribution < 1.29 is 14.4 Å². The lowest BCUT2D eigenvalue weighted by molar-refractivity contribution is -0.131. The molecule has 7 rings (SSSR count). The fraction of sp³-hybridized carbons (Fsp3) is 0.559. The summed E-state index contributed by atoms with van der Waals surface area (Å²) in [4.78, 5) is 40.9. The zero-order valence-electron chi connectivity index (χ0n) is 26.3. The van der Waals surface area contributed by atoms with Crippen molar-refractivity contribution in [2.75, 3.05) is 20.6 Å². The van der Waals surface area contributed by atoms with Crippen molar-refractivity contribution in [3.05, 3.63) is 64.5 Å². The standard InChI is InChI=1S/C34H41N9O3/c1-36-31(45)22-8-10-26-20(12-22)6-7-21-13-23(32(46)37-2)9-11-27(21)34(26,33-39-41-42-40-33)16-28(19-4-3-5-19)38-18-30(44)43-25(17-35)14-24-15-29(24)43/h8-13,19-20,24-26,28-29,38H,3-7,14-16,18H2,1-2H3,(H,36,45)(H,37,46)(H,39,40,41,42)/t20?,24-,25?,26?,28-,29+,34?/m1/s1. The maximum Gasteiger partial charge on any atom is 0.251 e. The van der Waals surface area contributed by atoms with Crippen LogP contribution in [0.5, 0.6) is 0 Å². The summed E-state index contributed by atoms with van der Waals surface area (Å²) in [5.41, 5.74) is 2.52. The molecule has 4 aliphatic carbocycles. The number of tetrazole rings is 1. The van der Waals surface area contributed by atoms with Gasteiger partial charge in [0.2, 0.25) is 5.91 Å². The molecule has 240 valence electrons. The Balaban J connectivity index is 1.30. The fourth-order valence-electron chi connectivity index (χ4n) is 8.64. The van der Waals surface area contributed by atoms with Gasteiger partial charge in [-0.1, -0.05) is 35.9 Å². The largest absolute Gasteiger partial charge is 0.355 e. The van der Waals surface area contributed by atoms with Crippen LogP contribution < -0.4 is 16.0 Å². The van der Waals surface area contributed by atoms with Gasteiger partial charge in [-0.3, -0.25) is 14.4 Å². The predicted molar refractivity (Wildman–Crippen MR) is 168 cm³/mol. The number of likely N-dealkylation sites (N-methyl/N-ethyl adjacent to an activating group) is 1. The van der Waals surface area contributed by atoms with Crippen molar-refractivity contribution in [2.45, 2.75) is 74.9 Å². The first kappa shape index (κ1) is 30.3. The Morgan fingerprint density at radius 2 is 1.98 bits per heavy atom. The van der Waals surface area contributed by atoms with Crippen LogP contribution in [0.1, 0.15) is 72.3 Å². The maximum absolute atomic E-state index is 13.6. The second-order valence-corrected chi connectivity index (χ2v) is 13.6. The van der Waals surface area contributed by atoms with E-state index < -0.39 is 5.41 Å². The quantitative estimate of drug-likeness (QED) is 0.329. The van der Waals surface area contributed by atoms with Crippen LogP contribution in [-0.4, -0.2) is 82.0 Å². The number of fused-ring (bicyclic) bond motifs is 3. The molecule has 12 heteroatoms. The Morgan fingerprint density at radius 1 is 1.15 bits per heavy atom.